The van der Waals surface area contributed by atoms with E-state index in [-0.39, 0.29) is 12.2 Å². The molecule has 1 fully saturated rings. The van der Waals surface area contributed by atoms with Gasteiger partial charge in [0.2, 0.25) is 0 Å². The number of nitrogens with one attached hydrogen (secondary N) is 1. The highest BCUT2D eigenvalue weighted by Crippen LogP contribution is 2.35. The SMILES string of the molecule is O=C1CNC(=O)N1c1ccc(CS(=O)[O-])c(C(F)(F)F)c1. The van der Waals surface area contributed by atoms with E-state index in [4.69, 9.17) is 0 Å². The summed E-state index contributed by atoms with van der Waals surface area (Å²) in [6, 6.07) is 1.80. The summed E-state index contributed by atoms with van der Waals surface area (Å²) in [4.78, 5) is 23.5. The summed E-state index contributed by atoms with van der Waals surface area (Å²) in [5.41, 5.74) is -1.91. The molecule has 10 heteroatoms. The van der Waals surface area contributed by atoms with Crippen LogP contribution in [-0.4, -0.2) is 27.2 Å². The summed E-state index contributed by atoms with van der Waals surface area (Å²) >= 11 is -2.69. The zero-order valence-electron chi connectivity index (χ0n) is 10.3. The van der Waals surface area contributed by atoms with Gasteiger partial charge in [0.05, 0.1) is 17.8 Å². The monoisotopic (exact) mass is 321 g/mol. The summed E-state index contributed by atoms with van der Waals surface area (Å²) in [6.45, 7) is -0.299. The van der Waals surface area contributed by atoms with Crippen LogP contribution in [0.15, 0.2) is 18.2 Å². The van der Waals surface area contributed by atoms with Crippen molar-refractivity contribution in [2.24, 2.45) is 0 Å². The Hall–Kier alpha value is -1.94. The molecule has 1 unspecified atom stereocenters. The minimum atomic E-state index is -4.80. The molecule has 114 valence electrons. The lowest BCUT2D eigenvalue weighted by Gasteiger charge is -2.18. The molecule has 1 N–H and O–H groups in total. The fraction of sp³-hybridized carbons (Fsp3) is 0.273. The minimum absolute atomic E-state index is 0.261. The number of nitrogens with zero attached hydrogens (tertiary/aromatic N) is 1. The lowest BCUT2D eigenvalue weighted by Crippen LogP contribution is -2.31. The lowest BCUT2D eigenvalue weighted by molar-refractivity contribution is -0.138. The van der Waals surface area contributed by atoms with Gasteiger partial charge in [0.15, 0.2) is 0 Å². The maximum absolute atomic E-state index is 13.0. The van der Waals surface area contributed by atoms with E-state index < -0.39 is 46.1 Å². The van der Waals surface area contributed by atoms with Crippen LogP contribution in [0.5, 0.6) is 0 Å². The van der Waals surface area contributed by atoms with Crippen molar-refractivity contribution in [2.45, 2.75) is 11.9 Å². The smallest absolute Gasteiger partial charge is 0.416 e. The second-order valence-electron chi connectivity index (χ2n) is 4.18. The number of benzene rings is 1. The van der Waals surface area contributed by atoms with Gasteiger partial charge in [0.25, 0.3) is 5.91 Å². The van der Waals surface area contributed by atoms with E-state index in [1.807, 2.05) is 0 Å². The van der Waals surface area contributed by atoms with Gasteiger partial charge in [-0.05, 0) is 17.7 Å². The van der Waals surface area contributed by atoms with Crippen molar-refractivity contribution in [1.82, 2.24) is 5.32 Å². The van der Waals surface area contributed by atoms with Crippen molar-refractivity contribution in [1.29, 1.82) is 0 Å². The van der Waals surface area contributed by atoms with Crippen molar-refractivity contribution in [3.05, 3.63) is 29.3 Å². The highest BCUT2D eigenvalue weighted by molar-refractivity contribution is 7.78. The number of anilines is 1. The molecule has 0 saturated carbocycles. The van der Waals surface area contributed by atoms with Gasteiger partial charge >= 0.3 is 12.2 Å². The Bertz CT molecular complexity index is 616. The molecule has 1 aromatic carbocycles. The first kappa shape index (κ1) is 15.4. The Balaban J connectivity index is 2.49. The highest BCUT2D eigenvalue weighted by atomic mass is 32.2. The van der Waals surface area contributed by atoms with Crippen LogP contribution in [-0.2, 0) is 27.8 Å². The third-order valence-corrected chi connectivity index (χ3v) is 3.32. The first-order chi connectivity index (χ1) is 9.70. The van der Waals surface area contributed by atoms with Crippen LogP contribution in [0.1, 0.15) is 11.1 Å². The zero-order valence-corrected chi connectivity index (χ0v) is 11.1. The largest absolute Gasteiger partial charge is 0.772 e. The fourth-order valence-electron chi connectivity index (χ4n) is 1.90. The van der Waals surface area contributed by atoms with Crippen molar-refractivity contribution in [3.63, 3.8) is 0 Å². The topological polar surface area (TPSA) is 89.5 Å². The van der Waals surface area contributed by atoms with Crippen LogP contribution in [0.25, 0.3) is 0 Å². The molecule has 3 amide bonds. The average Bonchev–Trinajstić information content (AvgIpc) is 2.68. The normalized spacial score (nSPS) is 17.0. The summed E-state index contributed by atoms with van der Waals surface area (Å²) in [6.07, 6.45) is -4.80. The molecule has 0 bridgehead atoms. The van der Waals surface area contributed by atoms with Crippen LogP contribution in [0.4, 0.5) is 23.7 Å². The number of hydrogen-bond acceptors (Lipinski definition) is 4. The number of halogens is 3. The second kappa shape index (κ2) is 5.45. The molecule has 1 aromatic rings. The number of urea groups is 1. The maximum Gasteiger partial charge on any atom is 0.416 e. The van der Waals surface area contributed by atoms with Crippen molar-refractivity contribution in [3.8, 4) is 0 Å². The van der Waals surface area contributed by atoms with E-state index >= 15 is 0 Å². The molecule has 6 nitrogen and oxygen atoms in total. The molecule has 2 rings (SSSR count). The molecular weight excluding hydrogens is 313 g/mol. The molecule has 1 heterocycles. The Labute approximate surface area is 119 Å². The molecule has 1 saturated heterocycles. The summed E-state index contributed by atoms with van der Waals surface area (Å²) < 4.78 is 60.1. The van der Waals surface area contributed by atoms with Gasteiger partial charge in [0.1, 0.15) is 0 Å². The van der Waals surface area contributed by atoms with E-state index in [1.54, 1.807) is 0 Å². The summed E-state index contributed by atoms with van der Waals surface area (Å²) in [5, 5.41) is 2.18. The van der Waals surface area contributed by atoms with Gasteiger partial charge in [-0.25, -0.2) is 9.69 Å². The lowest BCUT2D eigenvalue weighted by atomic mass is 10.1. The molecule has 0 aliphatic carbocycles. The van der Waals surface area contributed by atoms with Crippen molar-refractivity contribution >= 4 is 28.7 Å². The molecule has 0 spiro atoms. The van der Waals surface area contributed by atoms with E-state index in [9.17, 15) is 31.5 Å². The predicted molar refractivity (Wildman–Crippen MR) is 65.0 cm³/mol. The van der Waals surface area contributed by atoms with Gasteiger partial charge in [-0.1, -0.05) is 17.1 Å². The predicted octanol–water partition coefficient (Wildman–Crippen LogP) is 1.14. The summed E-state index contributed by atoms with van der Waals surface area (Å²) in [5.74, 6) is -1.50. The number of alkyl halides is 3. The Morgan fingerprint density at radius 2 is 2.00 bits per heavy atom. The number of hydrogen-bond donors (Lipinski definition) is 1. The molecule has 0 radical (unpaired) electrons. The summed E-state index contributed by atoms with van der Waals surface area (Å²) in [7, 11) is 0. The van der Waals surface area contributed by atoms with Crippen LogP contribution in [0, 0.1) is 0 Å². The molecule has 21 heavy (non-hydrogen) atoms. The molecule has 1 aliphatic rings. The van der Waals surface area contributed by atoms with Crippen molar-refractivity contribution < 1.29 is 31.5 Å². The third-order valence-electron chi connectivity index (χ3n) is 2.77. The first-order valence-corrected chi connectivity index (χ1v) is 6.81. The highest BCUT2D eigenvalue weighted by Gasteiger charge is 2.36. The number of imide groups is 1. The quantitative estimate of drug-likeness (QED) is 0.668. The number of amides is 3. The molecule has 0 aromatic heterocycles. The second-order valence-corrected chi connectivity index (χ2v) is 5.07. The molecule has 1 atom stereocenters. The van der Waals surface area contributed by atoms with Crippen LogP contribution in [0.3, 0.4) is 0 Å². The van der Waals surface area contributed by atoms with E-state index in [0.717, 1.165) is 12.1 Å². The number of rotatable bonds is 3. The van der Waals surface area contributed by atoms with Crippen LogP contribution >= 0.6 is 0 Å². The average molecular weight is 321 g/mol. The van der Waals surface area contributed by atoms with Gasteiger partial charge in [0, 0.05) is 5.75 Å². The fourth-order valence-corrected chi connectivity index (χ4v) is 2.41. The minimum Gasteiger partial charge on any atom is -0.772 e. The van der Waals surface area contributed by atoms with Gasteiger partial charge in [-0.3, -0.25) is 9.00 Å². The molecule has 1 aliphatic heterocycles. The standard InChI is InChI=1S/C11H9F3N2O4S/c12-11(13,14)8-3-7(2-1-6(8)5-21(19)20)16-9(17)4-15-10(16)18/h1-3H,4-5H2,(H,15,18)(H,19,20)/p-1. The Morgan fingerprint density at radius 3 is 2.48 bits per heavy atom. The van der Waals surface area contributed by atoms with Gasteiger partial charge < -0.3 is 9.87 Å². The van der Waals surface area contributed by atoms with Gasteiger partial charge in [-0.15, -0.1) is 0 Å². The first-order valence-electron chi connectivity index (χ1n) is 5.57. The zero-order chi connectivity index (χ0) is 15.8. The van der Waals surface area contributed by atoms with Crippen LogP contribution < -0.4 is 10.2 Å². The van der Waals surface area contributed by atoms with Crippen LogP contribution in [0.2, 0.25) is 0 Å². The van der Waals surface area contributed by atoms with Gasteiger partial charge in [-0.2, -0.15) is 13.2 Å². The molecular formula is C11H8F3N2O4S-. The number of carbonyl (C=O) groups is 2. The Morgan fingerprint density at radius 1 is 1.33 bits per heavy atom. The number of carbonyl (C=O) groups excluding carboxylic acids is 2. The Kier molecular flexibility index (Phi) is 4.01. The maximum atomic E-state index is 13.0. The van der Waals surface area contributed by atoms with E-state index in [1.165, 1.54) is 0 Å². The van der Waals surface area contributed by atoms with Crippen molar-refractivity contribution in [2.75, 3.05) is 11.4 Å². The third kappa shape index (κ3) is 3.22. The van der Waals surface area contributed by atoms with E-state index in [0.29, 0.717) is 11.0 Å². The van der Waals surface area contributed by atoms with E-state index in [2.05, 4.69) is 5.32 Å².